The maximum absolute atomic E-state index is 11.2. The van der Waals surface area contributed by atoms with Gasteiger partial charge in [0.2, 0.25) is 0 Å². The summed E-state index contributed by atoms with van der Waals surface area (Å²) in [5.41, 5.74) is -2.90. The van der Waals surface area contributed by atoms with Crippen LogP contribution in [0.5, 0.6) is 0 Å². The van der Waals surface area contributed by atoms with Gasteiger partial charge in [0.25, 0.3) is 0 Å². The number of aliphatic hydroxyl groups excluding tert-OH is 7. The molecule has 0 aliphatic carbocycles. The zero-order chi connectivity index (χ0) is 17.2. The molecule has 8 N–H and O–H groups in total. The smallest absolute Gasteiger partial charge is 0.177 e. The number of carbonyl (C=O) groups excluding carboxylic acids is 1. The van der Waals surface area contributed by atoms with Crippen molar-refractivity contribution in [3.63, 3.8) is 0 Å². The summed E-state index contributed by atoms with van der Waals surface area (Å²) in [5, 5.41) is 76.9. The molecular formula is C12H22O10. The van der Waals surface area contributed by atoms with Gasteiger partial charge >= 0.3 is 0 Å². The molecule has 9 atom stereocenters. The Kier molecular flexibility index (Phi) is 6.38. The van der Waals surface area contributed by atoms with Gasteiger partial charge in [-0.05, 0) is 6.92 Å². The lowest BCUT2D eigenvalue weighted by molar-refractivity contribution is -0.276. The van der Waals surface area contributed by atoms with E-state index in [1.807, 2.05) is 0 Å². The molecule has 1 unspecified atom stereocenters. The number of carbonyl (C=O) groups is 1. The third kappa shape index (κ3) is 3.30. The van der Waals surface area contributed by atoms with Crippen LogP contribution < -0.4 is 0 Å². The third-order valence-corrected chi connectivity index (χ3v) is 3.88. The maximum atomic E-state index is 11.2. The van der Waals surface area contributed by atoms with Crippen molar-refractivity contribution in [1.29, 1.82) is 0 Å². The van der Waals surface area contributed by atoms with Gasteiger partial charge in [-0.2, -0.15) is 0 Å². The molecule has 0 aromatic rings. The molecule has 10 heteroatoms. The van der Waals surface area contributed by atoms with Crippen LogP contribution in [0.2, 0.25) is 0 Å². The zero-order valence-electron chi connectivity index (χ0n) is 11.8. The van der Waals surface area contributed by atoms with E-state index in [2.05, 4.69) is 0 Å². The fraction of sp³-hybridized carbons (Fsp3) is 0.917. The van der Waals surface area contributed by atoms with Gasteiger partial charge in [0.05, 0.1) is 12.7 Å². The highest BCUT2D eigenvalue weighted by molar-refractivity contribution is 5.65. The monoisotopic (exact) mass is 326 g/mol. The zero-order valence-corrected chi connectivity index (χ0v) is 11.8. The molecule has 0 radical (unpaired) electrons. The largest absolute Gasteiger partial charge is 0.394 e. The standard InChI is InChI=1S/C12H22O10/c1-4-6(16)8(18)9(19)11(22-4)12(21,3-14)10(20)7(17)5(15)2-13/h3-11,13,15-21H,2H2,1H3/t4-,5+,6-,7+,8+,9+,10-,11?,12-/m0/s1. The van der Waals surface area contributed by atoms with Crippen molar-refractivity contribution >= 4 is 6.29 Å². The predicted molar refractivity (Wildman–Crippen MR) is 68.5 cm³/mol. The average molecular weight is 326 g/mol. The molecule has 10 nitrogen and oxygen atoms in total. The fourth-order valence-electron chi connectivity index (χ4n) is 2.33. The molecule has 0 aromatic carbocycles. The lowest BCUT2D eigenvalue weighted by Gasteiger charge is -2.46. The van der Waals surface area contributed by atoms with Gasteiger partial charge < -0.3 is 45.6 Å². The van der Waals surface area contributed by atoms with E-state index in [0.717, 1.165) is 0 Å². The Morgan fingerprint density at radius 1 is 1.14 bits per heavy atom. The minimum absolute atomic E-state index is 0.212. The Bertz CT molecular complexity index is 379. The molecule has 0 saturated carbocycles. The molecular weight excluding hydrogens is 304 g/mol. The van der Waals surface area contributed by atoms with Crippen LogP contribution in [0.25, 0.3) is 0 Å². The summed E-state index contributed by atoms with van der Waals surface area (Å²) in [5.74, 6) is 0. The first-order valence-corrected chi connectivity index (χ1v) is 6.65. The van der Waals surface area contributed by atoms with Gasteiger partial charge in [0.15, 0.2) is 11.9 Å². The second-order valence-corrected chi connectivity index (χ2v) is 5.42. The Morgan fingerprint density at radius 3 is 2.14 bits per heavy atom. The Balaban J connectivity index is 3.08. The van der Waals surface area contributed by atoms with E-state index in [9.17, 15) is 40.5 Å². The Morgan fingerprint density at radius 2 is 1.68 bits per heavy atom. The molecule has 0 amide bonds. The summed E-state index contributed by atoms with van der Waals surface area (Å²) >= 11 is 0. The highest BCUT2D eigenvalue weighted by atomic mass is 16.6. The molecule has 1 saturated heterocycles. The molecule has 1 fully saturated rings. The van der Waals surface area contributed by atoms with Gasteiger partial charge in [-0.1, -0.05) is 0 Å². The number of aliphatic hydroxyl groups is 8. The lowest BCUT2D eigenvalue weighted by atomic mass is 9.80. The van der Waals surface area contributed by atoms with E-state index in [0.29, 0.717) is 0 Å². The summed E-state index contributed by atoms with van der Waals surface area (Å²) in [4.78, 5) is 11.2. The molecule has 0 bridgehead atoms. The molecule has 1 aliphatic rings. The van der Waals surface area contributed by atoms with E-state index < -0.39 is 61.0 Å². The van der Waals surface area contributed by atoms with Crippen LogP contribution in [0, 0.1) is 0 Å². The SMILES string of the molecule is C[C@@H]1OC([C@](O)(C=O)[C@@H](O)[C@H](O)[C@H](O)CO)[C@H](O)[C@H](O)[C@H]1O. The van der Waals surface area contributed by atoms with Crippen molar-refractivity contribution < 1.29 is 50.4 Å². The molecule has 1 rings (SSSR count). The number of ether oxygens (including phenoxy) is 1. The van der Waals surface area contributed by atoms with Crippen LogP contribution in [-0.2, 0) is 9.53 Å². The highest BCUT2D eigenvalue weighted by Crippen LogP contribution is 2.31. The summed E-state index contributed by atoms with van der Waals surface area (Å²) < 4.78 is 5.07. The van der Waals surface area contributed by atoms with Crippen LogP contribution in [-0.4, -0.2) is 108 Å². The van der Waals surface area contributed by atoms with Crippen LogP contribution in [0.1, 0.15) is 6.92 Å². The molecule has 22 heavy (non-hydrogen) atoms. The van der Waals surface area contributed by atoms with Crippen molar-refractivity contribution in [2.24, 2.45) is 0 Å². The topological polar surface area (TPSA) is 188 Å². The van der Waals surface area contributed by atoms with Crippen molar-refractivity contribution in [3.05, 3.63) is 0 Å². The Labute approximate surface area is 125 Å². The van der Waals surface area contributed by atoms with Crippen molar-refractivity contribution in [1.82, 2.24) is 0 Å². The van der Waals surface area contributed by atoms with Crippen molar-refractivity contribution in [2.75, 3.05) is 6.61 Å². The van der Waals surface area contributed by atoms with E-state index in [1.165, 1.54) is 6.92 Å². The fourth-order valence-corrected chi connectivity index (χ4v) is 2.33. The highest BCUT2D eigenvalue weighted by Gasteiger charge is 2.56. The first-order chi connectivity index (χ1) is 10.1. The molecule has 0 aromatic heterocycles. The molecule has 1 heterocycles. The predicted octanol–water partition coefficient (Wildman–Crippen LogP) is -5.14. The van der Waals surface area contributed by atoms with Gasteiger partial charge in [-0.25, -0.2) is 0 Å². The van der Waals surface area contributed by atoms with Gasteiger partial charge in [-0.3, -0.25) is 4.79 Å². The number of aldehydes is 1. The lowest BCUT2D eigenvalue weighted by Crippen LogP contribution is -2.70. The van der Waals surface area contributed by atoms with Gasteiger partial charge in [0, 0.05) is 0 Å². The first-order valence-electron chi connectivity index (χ1n) is 6.65. The Hall–Kier alpha value is -0.690. The van der Waals surface area contributed by atoms with Crippen LogP contribution in [0.4, 0.5) is 0 Å². The molecule has 1 aliphatic heterocycles. The van der Waals surface area contributed by atoms with Crippen LogP contribution >= 0.6 is 0 Å². The minimum Gasteiger partial charge on any atom is -0.394 e. The summed E-state index contributed by atoms with van der Waals surface area (Å²) in [6.07, 6.45) is -14.7. The summed E-state index contributed by atoms with van der Waals surface area (Å²) in [6.45, 7) is 0.336. The maximum Gasteiger partial charge on any atom is 0.177 e. The van der Waals surface area contributed by atoms with Gasteiger partial charge in [-0.15, -0.1) is 0 Å². The van der Waals surface area contributed by atoms with E-state index >= 15 is 0 Å². The van der Waals surface area contributed by atoms with Crippen LogP contribution in [0.3, 0.4) is 0 Å². The average Bonchev–Trinajstić information content (AvgIpc) is 2.53. The molecule has 130 valence electrons. The third-order valence-electron chi connectivity index (χ3n) is 3.88. The van der Waals surface area contributed by atoms with E-state index in [-0.39, 0.29) is 6.29 Å². The summed E-state index contributed by atoms with van der Waals surface area (Å²) in [7, 11) is 0. The summed E-state index contributed by atoms with van der Waals surface area (Å²) in [6, 6.07) is 0. The number of rotatable bonds is 6. The van der Waals surface area contributed by atoms with Crippen molar-refractivity contribution in [3.8, 4) is 0 Å². The number of hydrogen-bond donors (Lipinski definition) is 8. The van der Waals surface area contributed by atoms with E-state index in [4.69, 9.17) is 9.84 Å². The van der Waals surface area contributed by atoms with Crippen LogP contribution in [0.15, 0.2) is 0 Å². The second kappa shape index (κ2) is 7.25. The normalized spacial score (nSPS) is 39.6. The quantitative estimate of drug-likeness (QED) is 0.219. The first kappa shape index (κ1) is 19.4. The number of hydrogen-bond acceptors (Lipinski definition) is 10. The minimum atomic E-state index is -2.90. The van der Waals surface area contributed by atoms with Crippen molar-refractivity contribution in [2.45, 2.75) is 61.4 Å². The molecule has 0 spiro atoms. The van der Waals surface area contributed by atoms with Gasteiger partial charge in [0.1, 0.15) is 42.7 Å². The van der Waals surface area contributed by atoms with E-state index in [1.54, 1.807) is 0 Å². The second-order valence-electron chi connectivity index (χ2n) is 5.42.